The second kappa shape index (κ2) is 7.95. The van der Waals surface area contributed by atoms with Crippen LogP contribution in [0.3, 0.4) is 0 Å². The summed E-state index contributed by atoms with van der Waals surface area (Å²) in [6, 6.07) is 6.33. The van der Waals surface area contributed by atoms with Crippen LogP contribution in [0.25, 0.3) is 5.69 Å². The zero-order chi connectivity index (χ0) is 18.7. The third kappa shape index (κ3) is 4.27. The van der Waals surface area contributed by atoms with E-state index in [0.717, 1.165) is 23.7 Å². The molecule has 2 N–H and O–H groups in total. The van der Waals surface area contributed by atoms with Crippen molar-refractivity contribution < 1.29 is 9.59 Å². The summed E-state index contributed by atoms with van der Waals surface area (Å²) in [5.74, 6) is -0.223. The molecule has 3 rings (SSSR count). The Morgan fingerprint density at radius 1 is 1.27 bits per heavy atom. The zero-order valence-corrected chi connectivity index (χ0v) is 16.0. The van der Waals surface area contributed by atoms with Crippen LogP contribution in [-0.4, -0.2) is 45.1 Å². The van der Waals surface area contributed by atoms with Gasteiger partial charge in [0.15, 0.2) is 5.16 Å². The van der Waals surface area contributed by atoms with Gasteiger partial charge in [0.2, 0.25) is 11.8 Å². The van der Waals surface area contributed by atoms with E-state index in [1.807, 2.05) is 10.8 Å². The molecule has 1 saturated heterocycles. The number of rotatable bonds is 5. The summed E-state index contributed by atoms with van der Waals surface area (Å²) < 4.78 is 2.00. The highest BCUT2D eigenvalue weighted by atomic mass is 32.2. The number of primary amides is 1. The van der Waals surface area contributed by atoms with Gasteiger partial charge in [-0.25, -0.2) is 4.98 Å². The number of hydrogen-bond acceptors (Lipinski definition) is 4. The predicted octanol–water partition coefficient (Wildman–Crippen LogP) is 2.31. The minimum atomic E-state index is -0.319. The van der Waals surface area contributed by atoms with Crippen LogP contribution < -0.4 is 5.73 Å². The summed E-state index contributed by atoms with van der Waals surface area (Å²) in [4.78, 5) is 30.1. The first-order valence-electron chi connectivity index (χ1n) is 8.76. The van der Waals surface area contributed by atoms with Crippen molar-refractivity contribution in [1.82, 2.24) is 14.5 Å². The summed E-state index contributed by atoms with van der Waals surface area (Å²) in [5, 5.41) is 0.784. The van der Waals surface area contributed by atoms with Gasteiger partial charge in [-0.15, -0.1) is 0 Å². The third-order valence-electron chi connectivity index (χ3n) is 4.59. The highest BCUT2D eigenvalue weighted by Gasteiger charge is 2.27. The maximum Gasteiger partial charge on any atom is 0.233 e. The summed E-state index contributed by atoms with van der Waals surface area (Å²) in [6.45, 7) is 5.25. The molecule has 1 fully saturated rings. The molecule has 1 aromatic heterocycles. The lowest BCUT2D eigenvalue weighted by Crippen LogP contribution is -2.44. The van der Waals surface area contributed by atoms with Gasteiger partial charge in [-0.05, 0) is 49.9 Å². The minimum absolute atomic E-state index is 0.0240. The standard InChI is InChI=1S/C19H24N4O2S/c1-13-8-14(2)10-16(9-13)23-7-5-21-19(23)26-12-17(24)22-6-3-4-15(11-22)18(20)25/h5,7-10,15H,3-4,6,11-12H2,1-2H3,(H2,20,25)/t15-/m1/s1. The molecule has 2 amide bonds. The number of nitrogens with two attached hydrogens (primary N) is 1. The molecule has 0 radical (unpaired) electrons. The second-order valence-corrected chi connectivity index (χ2v) is 7.74. The molecule has 7 heteroatoms. The van der Waals surface area contributed by atoms with E-state index in [4.69, 9.17) is 5.73 Å². The number of benzene rings is 1. The van der Waals surface area contributed by atoms with E-state index in [-0.39, 0.29) is 17.7 Å². The Morgan fingerprint density at radius 3 is 2.69 bits per heavy atom. The third-order valence-corrected chi connectivity index (χ3v) is 5.54. The fraction of sp³-hybridized carbons (Fsp3) is 0.421. The largest absolute Gasteiger partial charge is 0.369 e. The van der Waals surface area contributed by atoms with Crippen molar-refractivity contribution in [3.63, 3.8) is 0 Å². The SMILES string of the molecule is Cc1cc(C)cc(-n2ccnc2SCC(=O)N2CCC[C@@H](C(N)=O)C2)c1. The molecular weight excluding hydrogens is 348 g/mol. The van der Waals surface area contributed by atoms with Gasteiger partial charge < -0.3 is 10.6 Å². The smallest absolute Gasteiger partial charge is 0.233 e. The number of imidazole rings is 1. The first-order chi connectivity index (χ1) is 12.4. The first kappa shape index (κ1) is 18.5. The molecule has 2 heterocycles. The van der Waals surface area contributed by atoms with Crippen molar-refractivity contribution in [2.75, 3.05) is 18.8 Å². The number of nitrogens with zero attached hydrogens (tertiary/aromatic N) is 3. The van der Waals surface area contributed by atoms with Crippen LogP contribution in [-0.2, 0) is 9.59 Å². The van der Waals surface area contributed by atoms with Crippen LogP contribution in [0.4, 0.5) is 0 Å². The Labute approximate surface area is 157 Å². The Kier molecular flexibility index (Phi) is 5.66. The van der Waals surface area contributed by atoms with Crippen molar-refractivity contribution in [2.24, 2.45) is 11.7 Å². The lowest BCUT2D eigenvalue weighted by molar-refractivity contribution is -0.132. The molecule has 2 aromatic rings. The molecule has 138 valence electrons. The molecule has 26 heavy (non-hydrogen) atoms. The maximum atomic E-state index is 12.5. The molecule has 0 aliphatic carbocycles. The minimum Gasteiger partial charge on any atom is -0.369 e. The molecule has 1 atom stereocenters. The van der Waals surface area contributed by atoms with Crippen LogP contribution in [0.2, 0.25) is 0 Å². The highest BCUT2D eigenvalue weighted by Crippen LogP contribution is 2.23. The van der Waals surface area contributed by atoms with Crippen molar-refractivity contribution >= 4 is 23.6 Å². The number of likely N-dealkylation sites (tertiary alicyclic amines) is 1. The Balaban J connectivity index is 1.66. The number of aromatic nitrogens is 2. The number of carbonyl (C=O) groups is 2. The van der Waals surface area contributed by atoms with Gasteiger partial charge in [-0.3, -0.25) is 14.2 Å². The molecule has 1 aliphatic heterocycles. The molecule has 1 aromatic carbocycles. The van der Waals surface area contributed by atoms with Crippen LogP contribution in [0.5, 0.6) is 0 Å². The van der Waals surface area contributed by atoms with Gasteiger partial charge in [0.1, 0.15) is 0 Å². The fourth-order valence-electron chi connectivity index (χ4n) is 3.34. The Morgan fingerprint density at radius 2 is 2.00 bits per heavy atom. The van der Waals surface area contributed by atoms with Gasteiger partial charge in [0.25, 0.3) is 0 Å². The lowest BCUT2D eigenvalue weighted by atomic mass is 9.97. The summed E-state index contributed by atoms with van der Waals surface area (Å²) in [7, 11) is 0. The van der Waals surface area contributed by atoms with Crippen molar-refractivity contribution in [2.45, 2.75) is 31.8 Å². The van der Waals surface area contributed by atoms with E-state index < -0.39 is 0 Å². The van der Waals surface area contributed by atoms with Gasteiger partial charge in [-0.2, -0.15) is 0 Å². The van der Waals surface area contributed by atoms with Gasteiger partial charge in [0, 0.05) is 31.2 Å². The molecule has 0 unspecified atom stereocenters. The van der Waals surface area contributed by atoms with E-state index in [1.165, 1.54) is 22.9 Å². The Bertz CT molecular complexity index is 797. The highest BCUT2D eigenvalue weighted by molar-refractivity contribution is 7.99. The number of carbonyl (C=O) groups excluding carboxylic acids is 2. The van der Waals surface area contributed by atoms with Crippen LogP contribution >= 0.6 is 11.8 Å². The molecule has 6 nitrogen and oxygen atoms in total. The topological polar surface area (TPSA) is 81.2 Å². The normalized spacial score (nSPS) is 17.3. The average Bonchev–Trinajstić information content (AvgIpc) is 3.07. The van der Waals surface area contributed by atoms with Gasteiger partial charge in [0.05, 0.1) is 11.7 Å². The molecule has 1 aliphatic rings. The summed E-state index contributed by atoms with van der Waals surface area (Å²) in [5.41, 5.74) is 8.81. The molecular formula is C19H24N4O2S. The molecule has 0 bridgehead atoms. The first-order valence-corrected chi connectivity index (χ1v) is 9.74. The number of hydrogen-bond donors (Lipinski definition) is 1. The molecule has 0 saturated carbocycles. The number of piperidine rings is 1. The van der Waals surface area contributed by atoms with E-state index in [9.17, 15) is 9.59 Å². The van der Waals surface area contributed by atoms with Crippen LogP contribution in [0, 0.1) is 19.8 Å². The van der Waals surface area contributed by atoms with Crippen molar-refractivity contribution in [1.29, 1.82) is 0 Å². The second-order valence-electron chi connectivity index (χ2n) is 6.80. The average molecular weight is 372 g/mol. The number of amides is 2. The number of thioether (sulfide) groups is 1. The van der Waals surface area contributed by atoms with Crippen LogP contribution in [0.1, 0.15) is 24.0 Å². The fourth-order valence-corrected chi connectivity index (χ4v) is 4.21. The van der Waals surface area contributed by atoms with Crippen molar-refractivity contribution in [3.8, 4) is 5.69 Å². The zero-order valence-electron chi connectivity index (χ0n) is 15.1. The van der Waals surface area contributed by atoms with Crippen molar-refractivity contribution in [3.05, 3.63) is 41.7 Å². The molecule has 0 spiro atoms. The lowest BCUT2D eigenvalue weighted by Gasteiger charge is -2.31. The summed E-state index contributed by atoms with van der Waals surface area (Å²) in [6.07, 6.45) is 5.24. The van der Waals surface area contributed by atoms with Gasteiger partial charge >= 0.3 is 0 Å². The quantitative estimate of drug-likeness (QED) is 0.817. The van der Waals surface area contributed by atoms with Gasteiger partial charge in [-0.1, -0.05) is 17.8 Å². The maximum absolute atomic E-state index is 12.5. The van der Waals surface area contributed by atoms with Crippen LogP contribution in [0.15, 0.2) is 35.7 Å². The van der Waals surface area contributed by atoms with E-state index in [2.05, 4.69) is 37.0 Å². The Hall–Kier alpha value is -2.28. The predicted molar refractivity (Wildman–Crippen MR) is 102 cm³/mol. The van der Waals surface area contributed by atoms with E-state index >= 15 is 0 Å². The van der Waals surface area contributed by atoms with E-state index in [0.29, 0.717) is 18.8 Å². The number of aryl methyl sites for hydroxylation is 2. The summed E-state index contributed by atoms with van der Waals surface area (Å²) >= 11 is 1.42. The monoisotopic (exact) mass is 372 g/mol. The van der Waals surface area contributed by atoms with E-state index in [1.54, 1.807) is 11.1 Å².